The summed E-state index contributed by atoms with van der Waals surface area (Å²) in [5.41, 5.74) is 2.63. The van der Waals surface area contributed by atoms with Crippen LogP contribution in [0, 0.1) is 5.92 Å². The first kappa shape index (κ1) is 36.2. The first-order chi connectivity index (χ1) is 23.2. The average Bonchev–Trinajstić information content (AvgIpc) is 3.53. The largest absolute Gasteiger partial charge is 0.467 e. The number of ether oxygens (including phenoxy) is 1. The Kier molecular flexibility index (Phi) is 13.6. The highest BCUT2D eigenvalue weighted by Crippen LogP contribution is 2.18. The molecular formula is C37H45N5O5S. The molecule has 0 saturated heterocycles. The summed E-state index contributed by atoms with van der Waals surface area (Å²) in [5, 5.41) is 10.9. The maximum atomic E-state index is 13.8. The Labute approximate surface area is 286 Å². The van der Waals surface area contributed by atoms with Gasteiger partial charge in [0.25, 0.3) is 0 Å². The standard InChI is InChI=1S/C37H45N5O5S/c1-5-25(2)34(41-33(43)21-30-22-38-24-42(30)23-27-15-16-28-13-9-10-14-29(28)19-27)36(45)40-32(20-26-11-7-6-8-12-26)35(44)39-31(17-18-48-4)37(46)47-3/h6-16,19,22,24-25,31-32,34H,5,17-18,20-21,23H2,1-4H3,(H,39,44)(H,40,45)(H,41,43)/t25-,31-,32-,34-/m0/s1. The number of rotatable bonds is 17. The van der Waals surface area contributed by atoms with Crippen LogP contribution in [0.3, 0.4) is 0 Å². The highest BCUT2D eigenvalue weighted by atomic mass is 32.2. The highest BCUT2D eigenvalue weighted by molar-refractivity contribution is 7.98. The second-order valence-electron chi connectivity index (χ2n) is 11.9. The molecule has 254 valence electrons. The molecule has 11 heteroatoms. The van der Waals surface area contributed by atoms with E-state index >= 15 is 0 Å². The number of thioether (sulfide) groups is 1. The minimum absolute atomic E-state index is 0.0258. The zero-order valence-corrected chi connectivity index (χ0v) is 28.8. The second-order valence-corrected chi connectivity index (χ2v) is 12.9. The van der Waals surface area contributed by atoms with Gasteiger partial charge in [-0.15, -0.1) is 0 Å². The van der Waals surface area contributed by atoms with Crippen LogP contribution in [0.15, 0.2) is 85.3 Å². The molecule has 0 aliphatic rings. The Balaban J connectivity index is 1.47. The number of fused-ring (bicyclic) bond motifs is 1. The van der Waals surface area contributed by atoms with Gasteiger partial charge in [0.1, 0.15) is 18.1 Å². The van der Waals surface area contributed by atoms with E-state index in [9.17, 15) is 19.2 Å². The number of benzene rings is 3. The van der Waals surface area contributed by atoms with E-state index in [-0.39, 0.29) is 24.7 Å². The third-order valence-electron chi connectivity index (χ3n) is 8.45. The molecule has 0 unspecified atom stereocenters. The molecule has 0 bridgehead atoms. The number of aromatic nitrogens is 2. The topological polar surface area (TPSA) is 131 Å². The summed E-state index contributed by atoms with van der Waals surface area (Å²) < 4.78 is 6.84. The number of esters is 1. The number of amides is 3. The van der Waals surface area contributed by atoms with Crippen molar-refractivity contribution < 1.29 is 23.9 Å². The summed E-state index contributed by atoms with van der Waals surface area (Å²) in [6, 6.07) is 21.0. The monoisotopic (exact) mass is 671 g/mol. The molecule has 0 spiro atoms. The van der Waals surface area contributed by atoms with Crippen LogP contribution in [0.2, 0.25) is 0 Å². The fourth-order valence-corrected chi connectivity index (χ4v) is 5.95. The van der Waals surface area contributed by atoms with E-state index in [0.29, 0.717) is 30.8 Å². The summed E-state index contributed by atoms with van der Waals surface area (Å²) in [6.45, 7) is 4.37. The molecule has 3 amide bonds. The molecule has 0 radical (unpaired) electrons. The lowest BCUT2D eigenvalue weighted by Gasteiger charge is -2.27. The first-order valence-electron chi connectivity index (χ1n) is 16.2. The lowest BCUT2D eigenvalue weighted by molar-refractivity contribution is -0.145. The van der Waals surface area contributed by atoms with E-state index < -0.39 is 35.9 Å². The number of imidazole rings is 1. The lowest BCUT2D eigenvalue weighted by atomic mass is 9.97. The van der Waals surface area contributed by atoms with Crippen molar-refractivity contribution in [3.05, 3.63) is 102 Å². The molecule has 4 rings (SSSR count). The van der Waals surface area contributed by atoms with Crippen LogP contribution in [0.5, 0.6) is 0 Å². The quantitative estimate of drug-likeness (QED) is 0.143. The van der Waals surface area contributed by atoms with Gasteiger partial charge < -0.3 is 25.3 Å². The molecule has 48 heavy (non-hydrogen) atoms. The van der Waals surface area contributed by atoms with Gasteiger partial charge in [-0.3, -0.25) is 14.4 Å². The van der Waals surface area contributed by atoms with Gasteiger partial charge in [0.15, 0.2) is 0 Å². The average molecular weight is 672 g/mol. The van der Waals surface area contributed by atoms with Crippen LogP contribution in [0.1, 0.15) is 43.5 Å². The lowest BCUT2D eigenvalue weighted by Crippen LogP contribution is -2.58. The van der Waals surface area contributed by atoms with Crippen molar-refractivity contribution in [3.8, 4) is 0 Å². The van der Waals surface area contributed by atoms with Gasteiger partial charge in [-0.25, -0.2) is 9.78 Å². The molecule has 0 aliphatic carbocycles. The molecule has 0 saturated carbocycles. The zero-order chi connectivity index (χ0) is 34.5. The van der Waals surface area contributed by atoms with Crippen molar-refractivity contribution >= 4 is 46.2 Å². The van der Waals surface area contributed by atoms with Crippen LogP contribution >= 0.6 is 11.8 Å². The molecule has 4 aromatic rings. The van der Waals surface area contributed by atoms with Gasteiger partial charge in [0, 0.05) is 24.9 Å². The highest BCUT2D eigenvalue weighted by Gasteiger charge is 2.32. The zero-order valence-electron chi connectivity index (χ0n) is 28.0. The number of carbonyl (C=O) groups is 4. The Hall–Kier alpha value is -4.64. The first-order valence-corrected chi connectivity index (χ1v) is 17.6. The van der Waals surface area contributed by atoms with Crippen LogP contribution < -0.4 is 16.0 Å². The number of carbonyl (C=O) groups excluding carboxylic acids is 4. The van der Waals surface area contributed by atoms with Crippen LogP contribution in [0.4, 0.5) is 0 Å². The van der Waals surface area contributed by atoms with Gasteiger partial charge in [0.05, 0.1) is 19.9 Å². The molecule has 3 aromatic carbocycles. The molecule has 4 atom stereocenters. The van der Waals surface area contributed by atoms with Crippen LogP contribution in [-0.2, 0) is 43.3 Å². The number of methoxy groups -OCH3 is 1. The number of nitrogens with zero attached hydrogens (tertiary/aromatic N) is 2. The van der Waals surface area contributed by atoms with E-state index in [0.717, 1.165) is 21.9 Å². The molecule has 1 aromatic heterocycles. The van der Waals surface area contributed by atoms with Crippen molar-refractivity contribution in [1.82, 2.24) is 25.5 Å². The number of hydrogen-bond donors (Lipinski definition) is 3. The number of nitrogens with one attached hydrogen (secondary N) is 3. The maximum Gasteiger partial charge on any atom is 0.328 e. The summed E-state index contributed by atoms with van der Waals surface area (Å²) in [7, 11) is 1.28. The minimum Gasteiger partial charge on any atom is -0.467 e. The summed E-state index contributed by atoms with van der Waals surface area (Å²) >= 11 is 1.55. The Bertz CT molecular complexity index is 1680. The van der Waals surface area contributed by atoms with Crippen molar-refractivity contribution in [3.63, 3.8) is 0 Å². The van der Waals surface area contributed by atoms with Crippen LogP contribution in [-0.4, -0.2) is 70.5 Å². The molecule has 10 nitrogen and oxygen atoms in total. The normalized spacial score (nSPS) is 13.6. The Morgan fingerprint density at radius 3 is 2.29 bits per heavy atom. The Morgan fingerprint density at radius 2 is 1.58 bits per heavy atom. The Morgan fingerprint density at radius 1 is 0.875 bits per heavy atom. The third kappa shape index (κ3) is 10.2. The van der Waals surface area contributed by atoms with Crippen molar-refractivity contribution in [2.24, 2.45) is 5.92 Å². The molecule has 3 N–H and O–H groups in total. The number of hydrogen-bond acceptors (Lipinski definition) is 7. The second kappa shape index (κ2) is 18.1. The van der Waals surface area contributed by atoms with Crippen molar-refractivity contribution in [1.29, 1.82) is 0 Å². The predicted octanol–water partition coefficient (Wildman–Crippen LogP) is 4.30. The minimum atomic E-state index is -0.992. The fraction of sp³-hybridized carbons (Fsp3) is 0.378. The maximum absolute atomic E-state index is 13.8. The van der Waals surface area contributed by atoms with E-state index in [1.165, 1.54) is 7.11 Å². The van der Waals surface area contributed by atoms with Gasteiger partial charge in [-0.05, 0) is 52.3 Å². The summed E-state index contributed by atoms with van der Waals surface area (Å²) in [4.78, 5) is 57.6. The van der Waals surface area contributed by atoms with E-state index in [1.54, 1.807) is 24.3 Å². The van der Waals surface area contributed by atoms with Gasteiger partial charge in [-0.2, -0.15) is 11.8 Å². The van der Waals surface area contributed by atoms with Gasteiger partial charge in [0.2, 0.25) is 17.7 Å². The van der Waals surface area contributed by atoms with Crippen molar-refractivity contribution in [2.75, 3.05) is 19.1 Å². The van der Waals surface area contributed by atoms with E-state index in [2.05, 4.69) is 51.3 Å². The third-order valence-corrected chi connectivity index (χ3v) is 9.09. The van der Waals surface area contributed by atoms with Gasteiger partial charge >= 0.3 is 5.97 Å². The molecular weight excluding hydrogens is 627 g/mol. The van der Waals surface area contributed by atoms with Gasteiger partial charge in [-0.1, -0.05) is 87.0 Å². The smallest absolute Gasteiger partial charge is 0.328 e. The summed E-state index contributed by atoms with van der Waals surface area (Å²) in [5.74, 6) is -1.44. The fourth-order valence-electron chi connectivity index (χ4n) is 5.48. The van der Waals surface area contributed by atoms with Crippen molar-refractivity contribution in [2.45, 2.75) is 64.2 Å². The molecule has 0 aliphatic heterocycles. The van der Waals surface area contributed by atoms with Crippen LogP contribution in [0.25, 0.3) is 10.8 Å². The molecule has 0 fully saturated rings. The van der Waals surface area contributed by atoms with E-state index in [1.807, 2.05) is 67.1 Å². The SMILES string of the molecule is CC[C@H](C)[C@H](NC(=O)Cc1cncn1Cc1ccc2ccccc2c1)C(=O)N[C@@H](Cc1ccccc1)C(=O)N[C@@H](CCSC)C(=O)OC. The summed E-state index contributed by atoms with van der Waals surface area (Å²) in [6.07, 6.45) is 6.50. The predicted molar refractivity (Wildman–Crippen MR) is 189 cm³/mol. The van der Waals surface area contributed by atoms with E-state index in [4.69, 9.17) is 4.74 Å². The molecule has 1 heterocycles.